The number of rotatable bonds is 6. The Balaban J connectivity index is 1.63. The lowest BCUT2D eigenvalue weighted by Crippen LogP contribution is -2.51. The molecule has 0 amide bonds. The van der Waals surface area contributed by atoms with Gasteiger partial charge in [-0.25, -0.2) is 0 Å². The molecule has 3 rings (SSSR count). The Hall–Kier alpha value is 0.0600. The van der Waals surface area contributed by atoms with Crippen LogP contribution in [0.15, 0.2) is 15.9 Å². The third-order valence-electron chi connectivity index (χ3n) is 4.78. The summed E-state index contributed by atoms with van der Waals surface area (Å²) in [7, 11) is 0. The molecule has 1 saturated heterocycles. The van der Waals surface area contributed by atoms with Crippen LogP contribution in [0.4, 0.5) is 0 Å². The molecule has 1 aliphatic carbocycles. The molecule has 118 valence electrons. The van der Waals surface area contributed by atoms with Crippen LogP contribution in [0.1, 0.15) is 37.1 Å². The van der Waals surface area contributed by atoms with Crippen LogP contribution in [0.25, 0.3) is 0 Å². The van der Waals surface area contributed by atoms with E-state index in [0.29, 0.717) is 6.04 Å². The molecular formula is C16H26BrN3S. The van der Waals surface area contributed by atoms with Gasteiger partial charge in [-0.05, 0) is 53.2 Å². The second kappa shape index (κ2) is 7.09. The van der Waals surface area contributed by atoms with E-state index >= 15 is 0 Å². The fraction of sp³-hybridized carbons (Fsp3) is 0.750. The van der Waals surface area contributed by atoms with Crippen molar-refractivity contribution in [2.45, 2.75) is 38.3 Å². The molecule has 1 aromatic heterocycles. The predicted molar refractivity (Wildman–Crippen MR) is 93.8 cm³/mol. The van der Waals surface area contributed by atoms with Gasteiger partial charge in [0.2, 0.25) is 0 Å². The summed E-state index contributed by atoms with van der Waals surface area (Å²) >= 11 is 5.43. The number of hydrogen-bond acceptors (Lipinski definition) is 4. The topological polar surface area (TPSA) is 32.5 Å². The van der Waals surface area contributed by atoms with E-state index in [1.165, 1.54) is 41.1 Å². The third kappa shape index (κ3) is 4.08. The molecule has 1 saturated carbocycles. The standard InChI is InChI=1S/C16H26BrN3S/c1-2-13(18)16(14-5-6-15(17)21-14)20-9-7-19(8-10-20)11-12-3-4-12/h5-6,12-13,16H,2-4,7-11,18H2,1H3. The molecule has 5 heteroatoms. The van der Waals surface area contributed by atoms with Crippen LogP contribution in [-0.4, -0.2) is 48.6 Å². The molecule has 21 heavy (non-hydrogen) atoms. The van der Waals surface area contributed by atoms with Crippen molar-refractivity contribution in [3.8, 4) is 0 Å². The van der Waals surface area contributed by atoms with E-state index in [4.69, 9.17) is 5.73 Å². The van der Waals surface area contributed by atoms with Crippen molar-refractivity contribution in [3.63, 3.8) is 0 Å². The number of hydrogen-bond donors (Lipinski definition) is 1. The molecule has 0 aromatic carbocycles. The number of thiophene rings is 1. The number of nitrogens with zero attached hydrogens (tertiary/aromatic N) is 2. The lowest BCUT2D eigenvalue weighted by molar-refractivity contribution is 0.0826. The first-order valence-corrected chi connectivity index (χ1v) is 9.75. The van der Waals surface area contributed by atoms with Crippen LogP contribution < -0.4 is 5.73 Å². The van der Waals surface area contributed by atoms with Crippen LogP contribution in [0.2, 0.25) is 0 Å². The normalized spacial score (nSPS) is 24.1. The summed E-state index contributed by atoms with van der Waals surface area (Å²) in [6.07, 6.45) is 3.93. The van der Waals surface area contributed by atoms with E-state index in [2.05, 4.69) is 44.8 Å². The van der Waals surface area contributed by atoms with Gasteiger partial charge >= 0.3 is 0 Å². The van der Waals surface area contributed by atoms with Crippen molar-refractivity contribution < 1.29 is 0 Å². The van der Waals surface area contributed by atoms with Crippen LogP contribution in [-0.2, 0) is 0 Å². The number of piperazine rings is 1. The molecule has 0 bridgehead atoms. The minimum Gasteiger partial charge on any atom is -0.326 e. The molecule has 2 aliphatic rings. The zero-order chi connectivity index (χ0) is 14.8. The van der Waals surface area contributed by atoms with E-state index in [1.54, 1.807) is 0 Å². The molecule has 0 radical (unpaired) electrons. The summed E-state index contributed by atoms with van der Waals surface area (Å²) in [6, 6.07) is 5.00. The highest BCUT2D eigenvalue weighted by Crippen LogP contribution is 2.34. The molecule has 2 N–H and O–H groups in total. The van der Waals surface area contributed by atoms with Crippen molar-refractivity contribution in [2.75, 3.05) is 32.7 Å². The lowest BCUT2D eigenvalue weighted by Gasteiger charge is -2.41. The van der Waals surface area contributed by atoms with Gasteiger partial charge in [0.25, 0.3) is 0 Å². The molecule has 2 atom stereocenters. The average molecular weight is 372 g/mol. The van der Waals surface area contributed by atoms with Crippen molar-refractivity contribution >= 4 is 27.3 Å². The summed E-state index contributed by atoms with van der Waals surface area (Å²) in [4.78, 5) is 6.66. The quantitative estimate of drug-likeness (QED) is 0.832. The Morgan fingerprint density at radius 1 is 1.29 bits per heavy atom. The van der Waals surface area contributed by atoms with Crippen LogP contribution in [0.5, 0.6) is 0 Å². The van der Waals surface area contributed by atoms with Crippen LogP contribution >= 0.6 is 27.3 Å². The zero-order valence-corrected chi connectivity index (χ0v) is 15.2. The number of nitrogens with two attached hydrogens (primary N) is 1. The second-order valence-corrected chi connectivity index (χ2v) is 8.93. The molecule has 2 unspecified atom stereocenters. The van der Waals surface area contributed by atoms with Crippen LogP contribution in [0.3, 0.4) is 0 Å². The maximum absolute atomic E-state index is 6.45. The monoisotopic (exact) mass is 371 g/mol. The van der Waals surface area contributed by atoms with Gasteiger partial charge in [0.05, 0.1) is 9.83 Å². The summed E-state index contributed by atoms with van der Waals surface area (Å²) in [6.45, 7) is 8.24. The summed E-state index contributed by atoms with van der Waals surface area (Å²) in [5.74, 6) is 0.999. The maximum Gasteiger partial charge on any atom is 0.0702 e. The highest BCUT2D eigenvalue weighted by molar-refractivity contribution is 9.11. The van der Waals surface area contributed by atoms with Gasteiger partial charge in [-0.15, -0.1) is 11.3 Å². The lowest BCUT2D eigenvalue weighted by atomic mass is 10.0. The Labute approximate surface area is 140 Å². The average Bonchev–Trinajstić information content (AvgIpc) is 3.21. The Morgan fingerprint density at radius 3 is 2.52 bits per heavy atom. The van der Waals surface area contributed by atoms with Crippen molar-refractivity contribution in [1.82, 2.24) is 9.80 Å². The van der Waals surface area contributed by atoms with E-state index in [-0.39, 0.29) is 6.04 Å². The summed E-state index contributed by atoms with van der Waals surface area (Å²) in [5.41, 5.74) is 6.45. The molecule has 1 aliphatic heterocycles. The fourth-order valence-electron chi connectivity index (χ4n) is 3.26. The zero-order valence-electron chi connectivity index (χ0n) is 12.8. The highest BCUT2D eigenvalue weighted by atomic mass is 79.9. The van der Waals surface area contributed by atoms with Gasteiger partial charge in [-0.3, -0.25) is 4.90 Å². The number of halogens is 1. The van der Waals surface area contributed by atoms with Crippen molar-refractivity contribution in [1.29, 1.82) is 0 Å². The highest BCUT2D eigenvalue weighted by Gasteiger charge is 2.31. The summed E-state index contributed by atoms with van der Waals surface area (Å²) < 4.78 is 1.21. The largest absolute Gasteiger partial charge is 0.326 e. The molecule has 2 fully saturated rings. The molecule has 1 aromatic rings. The van der Waals surface area contributed by atoms with E-state index in [0.717, 1.165) is 25.4 Å². The van der Waals surface area contributed by atoms with E-state index < -0.39 is 0 Å². The fourth-order valence-corrected chi connectivity index (χ4v) is 4.90. The van der Waals surface area contributed by atoms with E-state index in [9.17, 15) is 0 Å². The first-order valence-electron chi connectivity index (χ1n) is 8.14. The minimum absolute atomic E-state index is 0.227. The molecule has 2 heterocycles. The maximum atomic E-state index is 6.45. The minimum atomic E-state index is 0.227. The molecule has 0 spiro atoms. The molecule has 3 nitrogen and oxygen atoms in total. The van der Waals surface area contributed by atoms with Gasteiger partial charge in [-0.2, -0.15) is 0 Å². The Morgan fingerprint density at radius 2 is 2.00 bits per heavy atom. The van der Waals surface area contributed by atoms with Crippen LogP contribution in [0, 0.1) is 5.92 Å². The molecular weight excluding hydrogens is 346 g/mol. The van der Waals surface area contributed by atoms with Gasteiger partial charge in [0.1, 0.15) is 0 Å². The van der Waals surface area contributed by atoms with Crippen molar-refractivity contribution in [2.24, 2.45) is 11.7 Å². The van der Waals surface area contributed by atoms with Gasteiger partial charge < -0.3 is 10.6 Å². The first kappa shape index (κ1) is 15.9. The van der Waals surface area contributed by atoms with Gasteiger partial charge in [-0.1, -0.05) is 6.92 Å². The van der Waals surface area contributed by atoms with Crippen molar-refractivity contribution in [3.05, 3.63) is 20.8 Å². The Bertz CT molecular complexity index is 452. The summed E-state index contributed by atoms with van der Waals surface area (Å²) in [5, 5.41) is 0. The van der Waals surface area contributed by atoms with Gasteiger partial charge in [0.15, 0.2) is 0 Å². The predicted octanol–water partition coefficient (Wildman–Crippen LogP) is 3.32. The Kier molecular flexibility index (Phi) is 5.38. The smallest absolute Gasteiger partial charge is 0.0702 e. The van der Waals surface area contributed by atoms with E-state index in [1.807, 2.05) is 11.3 Å². The SMILES string of the molecule is CCC(N)C(c1ccc(Br)s1)N1CCN(CC2CC2)CC1. The third-order valence-corrected chi connectivity index (χ3v) is 6.47. The first-order chi connectivity index (χ1) is 10.2. The second-order valence-electron chi connectivity index (χ2n) is 6.44. The van der Waals surface area contributed by atoms with Gasteiger partial charge in [0, 0.05) is 43.6 Å².